The second kappa shape index (κ2) is 5.21. The largest absolute Gasteiger partial charge is 0.257 e. The zero-order valence-electron chi connectivity index (χ0n) is 9.61. The summed E-state index contributed by atoms with van der Waals surface area (Å²) >= 11 is 2.53. The Bertz CT molecular complexity index is 653. The molecule has 0 bridgehead atoms. The van der Waals surface area contributed by atoms with Gasteiger partial charge in [0.05, 0.1) is 6.26 Å². The fourth-order valence-corrected chi connectivity index (χ4v) is 3.65. The molecule has 0 amide bonds. The van der Waals surface area contributed by atoms with Gasteiger partial charge in [0, 0.05) is 6.20 Å². The Morgan fingerprint density at radius 1 is 1.39 bits per heavy atom. The summed E-state index contributed by atoms with van der Waals surface area (Å²) in [6, 6.07) is 3.81. The lowest BCUT2D eigenvalue weighted by Crippen LogP contribution is -2.08. The van der Waals surface area contributed by atoms with E-state index in [2.05, 4.69) is 19.9 Å². The molecule has 18 heavy (non-hydrogen) atoms. The molecule has 0 aliphatic carbocycles. The van der Waals surface area contributed by atoms with E-state index in [-0.39, 0.29) is 5.13 Å². The van der Waals surface area contributed by atoms with Crippen LogP contribution < -0.4 is 4.72 Å². The van der Waals surface area contributed by atoms with E-state index in [9.17, 15) is 8.42 Å². The van der Waals surface area contributed by atoms with Crippen molar-refractivity contribution in [3.8, 4) is 0 Å². The molecule has 0 atom stereocenters. The van der Waals surface area contributed by atoms with Crippen LogP contribution in [-0.2, 0) is 10.0 Å². The number of nitrogens with one attached hydrogen (secondary N) is 1. The first kappa shape index (κ1) is 13.2. The van der Waals surface area contributed by atoms with E-state index in [0.717, 1.165) is 16.8 Å². The van der Waals surface area contributed by atoms with Gasteiger partial charge in [0.15, 0.2) is 4.34 Å². The maximum atomic E-state index is 11.0. The molecule has 6 nitrogen and oxygen atoms in total. The second-order valence-electron chi connectivity index (χ2n) is 3.47. The number of nitrogens with zero attached hydrogens (tertiary/aromatic N) is 3. The summed E-state index contributed by atoms with van der Waals surface area (Å²) < 4.78 is 25.0. The minimum absolute atomic E-state index is 0.258. The number of rotatable bonds is 4. The molecular formula is C9H10N4O2S3. The normalized spacial score (nSPS) is 11.4. The van der Waals surface area contributed by atoms with Crippen LogP contribution in [0.15, 0.2) is 27.7 Å². The van der Waals surface area contributed by atoms with E-state index in [4.69, 9.17) is 0 Å². The Labute approximate surface area is 113 Å². The maximum Gasteiger partial charge on any atom is 0.231 e. The van der Waals surface area contributed by atoms with E-state index in [1.54, 1.807) is 6.20 Å². The smallest absolute Gasteiger partial charge is 0.231 e. The van der Waals surface area contributed by atoms with E-state index in [0.29, 0.717) is 4.34 Å². The fraction of sp³-hybridized carbons (Fsp3) is 0.222. The number of hydrogen-bond donors (Lipinski definition) is 1. The average molecular weight is 302 g/mol. The first-order valence-electron chi connectivity index (χ1n) is 4.85. The van der Waals surface area contributed by atoms with Crippen LogP contribution in [0.1, 0.15) is 5.56 Å². The predicted octanol–water partition coefficient (Wildman–Crippen LogP) is 1.76. The van der Waals surface area contributed by atoms with Gasteiger partial charge in [-0.25, -0.2) is 13.4 Å². The molecule has 2 heterocycles. The second-order valence-corrected chi connectivity index (χ2v) is 7.44. The molecule has 0 saturated heterocycles. The predicted molar refractivity (Wildman–Crippen MR) is 71.5 cm³/mol. The third-order valence-corrected chi connectivity index (χ3v) is 4.53. The number of anilines is 1. The minimum Gasteiger partial charge on any atom is -0.257 e. The molecule has 0 spiro atoms. The lowest BCUT2D eigenvalue weighted by Gasteiger charge is -1.99. The van der Waals surface area contributed by atoms with Gasteiger partial charge in [0.25, 0.3) is 0 Å². The van der Waals surface area contributed by atoms with Crippen molar-refractivity contribution in [1.82, 2.24) is 15.2 Å². The fourth-order valence-electron chi connectivity index (χ4n) is 1.11. The van der Waals surface area contributed by atoms with E-state index < -0.39 is 10.0 Å². The highest BCUT2D eigenvalue weighted by Crippen LogP contribution is 2.32. The number of sulfonamides is 1. The van der Waals surface area contributed by atoms with Crippen molar-refractivity contribution < 1.29 is 8.42 Å². The van der Waals surface area contributed by atoms with Gasteiger partial charge < -0.3 is 0 Å². The Kier molecular flexibility index (Phi) is 3.83. The number of hydrogen-bond acceptors (Lipinski definition) is 7. The van der Waals surface area contributed by atoms with Crippen LogP contribution in [0.5, 0.6) is 0 Å². The van der Waals surface area contributed by atoms with Crippen molar-refractivity contribution in [1.29, 1.82) is 0 Å². The number of aryl methyl sites for hydroxylation is 1. The van der Waals surface area contributed by atoms with Crippen molar-refractivity contribution in [2.75, 3.05) is 11.0 Å². The molecule has 0 aliphatic rings. The van der Waals surface area contributed by atoms with Gasteiger partial charge in [-0.1, -0.05) is 17.4 Å². The molecule has 9 heteroatoms. The highest BCUT2D eigenvalue weighted by molar-refractivity contribution is 8.01. The van der Waals surface area contributed by atoms with Gasteiger partial charge in [0.1, 0.15) is 5.03 Å². The Hall–Kier alpha value is -1.19. The molecule has 2 aromatic heterocycles. The van der Waals surface area contributed by atoms with Crippen LogP contribution in [0.25, 0.3) is 0 Å². The molecule has 1 N–H and O–H groups in total. The molecule has 96 valence electrons. The molecule has 0 radical (unpaired) electrons. The summed E-state index contributed by atoms with van der Waals surface area (Å²) in [7, 11) is -3.31. The summed E-state index contributed by atoms with van der Waals surface area (Å²) in [4.78, 5) is 4.22. The summed E-state index contributed by atoms with van der Waals surface area (Å²) in [6.45, 7) is 1.95. The SMILES string of the molecule is Cc1cccnc1Sc1nnc(NS(C)(=O)=O)s1. The third kappa shape index (κ3) is 3.65. The standard InChI is InChI=1S/C9H10N4O2S3/c1-6-4-3-5-10-7(6)16-9-12-11-8(17-9)13-18(2,14)15/h3-5H,1-2H3,(H,11,13). The Balaban J connectivity index is 2.14. The first-order valence-corrected chi connectivity index (χ1v) is 8.37. The zero-order valence-corrected chi connectivity index (χ0v) is 12.1. The Morgan fingerprint density at radius 3 is 2.83 bits per heavy atom. The molecular weight excluding hydrogens is 292 g/mol. The van der Waals surface area contributed by atoms with Crippen molar-refractivity contribution in [2.24, 2.45) is 0 Å². The number of pyridine rings is 1. The zero-order chi connectivity index (χ0) is 13.2. The van der Waals surface area contributed by atoms with Gasteiger partial charge in [-0.2, -0.15) is 0 Å². The summed E-state index contributed by atoms with van der Waals surface area (Å²) in [6.07, 6.45) is 2.77. The lowest BCUT2D eigenvalue weighted by molar-refractivity contribution is 0.606. The van der Waals surface area contributed by atoms with Crippen molar-refractivity contribution in [2.45, 2.75) is 16.3 Å². The van der Waals surface area contributed by atoms with Crippen LogP contribution in [0.4, 0.5) is 5.13 Å². The van der Waals surface area contributed by atoms with E-state index >= 15 is 0 Å². The van der Waals surface area contributed by atoms with Gasteiger partial charge in [-0.15, -0.1) is 10.2 Å². The quantitative estimate of drug-likeness (QED) is 0.926. The van der Waals surface area contributed by atoms with Crippen molar-refractivity contribution >= 4 is 38.3 Å². The van der Waals surface area contributed by atoms with Gasteiger partial charge in [0.2, 0.25) is 15.2 Å². The third-order valence-electron chi connectivity index (χ3n) is 1.82. The van der Waals surface area contributed by atoms with Gasteiger partial charge in [-0.3, -0.25) is 4.72 Å². The molecule has 2 aromatic rings. The van der Waals surface area contributed by atoms with Gasteiger partial charge >= 0.3 is 0 Å². The van der Waals surface area contributed by atoms with Crippen molar-refractivity contribution in [3.05, 3.63) is 23.9 Å². The molecule has 0 unspecified atom stereocenters. The average Bonchev–Trinajstić information content (AvgIpc) is 2.66. The number of aromatic nitrogens is 3. The Morgan fingerprint density at radius 2 is 2.17 bits per heavy atom. The maximum absolute atomic E-state index is 11.0. The van der Waals surface area contributed by atoms with Crippen molar-refractivity contribution in [3.63, 3.8) is 0 Å². The molecule has 0 saturated carbocycles. The van der Waals surface area contributed by atoms with Crippen LogP contribution >= 0.6 is 23.1 Å². The minimum atomic E-state index is -3.31. The van der Waals surface area contributed by atoms with Crippen LogP contribution in [0.2, 0.25) is 0 Å². The highest BCUT2D eigenvalue weighted by Gasteiger charge is 2.11. The van der Waals surface area contributed by atoms with Crippen LogP contribution in [-0.4, -0.2) is 29.9 Å². The van der Waals surface area contributed by atoms with Crippen LogP contribution in [0.3, 0.4) is 0 Å². The first-order chi connectivity index (χ1) is 8.44. The highest BCUT2D eigenvalue weighted by atomic mass is 32.2. The topological polar surface area (TPSA) is 84.8 Å². The molecule has 2 rings (SSSR count). The van der Waals surface area contributed by atoms with Gasteiger partial charge in [-0.05, 0) is 30.3 Å². The van der Waals surface area contributed by atoms with E-state index in [1.165, 1.54) is 23.1 Å². The summed E-state index contributed by atoms with van der Waals surface area (Å²) in [5.41, 5.74) is 1.04. The molecule has 0 fully saturated rings. The monoisotopic (exact) mass is 302 g/mol. The van der Waals surface area contributed by atoms with Crippen LogP contribution in [0, 0.1) is 6.92 Å². The molecule has 0 aromatic carbocycles. The lowest BCUT2D eigenvalue weighted by atomic mass is 10.3. The van der Waals surface area contributed by atoms with E-state index in [1.807, 2.05) is 19.1 Å². The summed E-state index contributed by atoms with van der Waals surface area (Å²) in [5, 5.41) is 8.75. The molecule has 0 aliphatic heterocycles. The summed E-state index contributed by atoms with van der Waals surface area (Å²) in [5.74, 6) is 0.